The largest absolute Gasteiger partial charge is 0.493 e. The van der Waals surface area contributed by atoms with Gasteiger partial charge in [0, 0.05) is 26.8 Å². The third-order valence-electron chi connectivity index (χ3n) is 5.32. The Labute approximate surface area is 201 Å². The van der Waals surface area contributed by atoms with Crippen molar-refractivity contribution in [3.63, 3.8) is 0 Å². The van der Waals surface area contributed by atoms with Gasteiger partial charge in [-0.25, -0.2) is 0 Å². The fourth-order valence-electron chi connectivity index (χ4n) is 3.60. The molecule has 0 aromatic heterocycles. The molecule has 12 heteroatoms. The summed E-state index contributed by atoms with van der Waals surface area (Å²) in [5.41, 5.74) is -0.605. The lowest BCUT2D eigenvalue weighted by Gasteiger charge is -2.25. The van der Waals surface area contributed by atoms with Crippen molar-refractivity contribution < 1.29 is 44.8 Å². The van der Waals surface area contributed by atoms with Crippen molar-refractivity contribution in [2.24, 2.45) is 0 Å². The first-order valence-electron chi connectivity index (χ1n) is 10.7. The highest BCUT2D eigenvalue weighted by Gasteiger charge is 2.32. The topological polar surface area (TPSA) is 91.4 Å². The summed E-state index contributed by atoms with van der Waals surface area (Å²) in [4.78, 5) is 13.4. The van der Waals surface area contributed by atoms with Crippen LogP contribution in [0, 0.1) is 0 Å². The first-order valence-corrected chi connectivity index (χ1v) is 12.1. The number of amides is 1. The van der Waals surface area contributed by atoms with Crippen LogP contribution in [0.15, 0.2) is 47.4 Å². The second kappa shape index (κ2) is 11.3. The SMILES string of the molecule is COCC(=O)N(Cc1ccc(OC)c(OS(=O)(=O)c2cccc(C(F)(F)F)c2)c1)CC1CCCO1. The Morgan fingerprint density at radius 3 is 2.54 bits per heavy atom. The number of carbonyl (C=O) groups excluding carboxylic acids is 1. The van der Waals surface area contributed by atoms with E-state index >= 15 is 0 Å². The number of ether oxygens (including phenoxy) is 3. The van der Waals surface area contributed by atoms with Crippen LogP contribution in [0.2, 0.25) is 0 Å². The van der Waals surface area contributed by atoms with Crippen LogP contribution in [0.5, 0.6) is 11.5 Å². The quantitative estimate of drug-likeness (QED) is 0.445. The van der Waals surface area contributed by atoms with E-state index in [1.165, 1.54) is 31.3 Å². The molecule has 0 radical (unpaired) electrons. The summed E-state index contributed by atoms with van der Waals surface area (Å²) in [5.74, 6) is -0.449. The first kappa shape index (κ1) is 26.8. The van der Waals surface area contributed by atoms with Crippen molar-refractivity contribution in [3.05, 3.63) is 53.6 Å². The molecular formula is C23H26F3NO7S. The van der Waals surface area contributed by atoms with E-state index in [2.05, 4.69) is 0 Å². The molecule has 35 heavy (non-hydrogen) atoms. The van der Waals surface area contributed by atoms with Crippen LogP contribution in [0.4, 0.5) is 13.2 Å². The Bertz CT molecular complexity index is 1130. The van der Waals surface area contributed by atoms with Crippen LogP contribution >= 0.6 is 0 Å². The number of benzene rings is 2. The number of halogens is 3. The lowest BCUT2D eigenvalue weighted by Crippen LogP contribution is -2.38. The second-order valence-electron chi connectivity index (χ2n) is 7.89. The second-order valence-corrected chi connectivity index (χ2v) is 9.44. The number of hydrogen-bond acceptors (Lipinski definition) is 7. The van der Waals surface area contributed by atoms with E-state index in [-0.39, 0.29) is 36.7 Å². The number of nitrogens with zero attached hydrogens (tertiary/aromatic N) is 1. The van der Waals surface area contributed by atoms with Gasteiger partial charge in [-0.15, -0.1) is 0 Å². The zero-order valence-corrected chi connectivity index (χ0v) is 20.0. The van der Waals surface area contributed by atoms with Gasteiger partial charge >= 0.3 is 16.3 Å². The van der Waals surface area contributed by atoms with Gasteiger partial charge in [-0.3, -0.25) is 4.79 Å². The summed E-state index contributed by atoms with van der Waals surface area (Å²) < 4.78 is 85.6. The summed E-state index contributed by atoms with van der Waals surface area (Å²) in [6.07, 6.45) is -3.14. The highest BCUT2D eigenvalue weighted by molar-refractivity contribution is 7.87. The highest BCUT2D eigenvalue weighted by atomic mass is 32.2. The van der Waals surface area contributed by atoms with E-state index in [9.17, 15) is 26.4 Å². The lowest BCUT2D eigenvalue weighted by atomic mass is 10.1. The minimum atomic E-state index is -4.72. The molecule has 0 saturated carbocycles. The monoisotopic (exact) mass is 517 g/mol. The van der Waals surface area contributed by atoms with Crippen molar-refractivity contribution >= 4 is 16.0 Å². The van der Waals surface area contributed by atoms with Crippen molar-refractivity contribution in [1.82, 2.24) is 4.90 Å². The van der Waals surface area contributed by atoms with Crippen LogP contribution in [0.1, 0.15) is 24.0 Å². The van der Waals surface area contributed by atoms with Crippen LogP contribution in [0.25, 0.3) is 0 Å². The summed E-state index contributed by atoms with van der Waals surface area (Å²) >= 11 is 0. The smallest absolute Gasteiger partial charge is 0.416 e. The molecule has 0 N–H and O–H groups in total. The van der Waals surface area contributed by atoms with Crippen molar-refractivity contribution in [2.45, 2.75) is 36.6 Å². The van der Waals surface area contributed by atoms with Crippen molar-refractivity contribution in [2.75, 3.05) is 34.0 Å². The van der Waals surface area contributed by atoms with Gasteiger partial charge in [0.25, 0.3) is 0 Å². The Hall–Kier alpha value is -2.83. The molecule has 1 amide bonds. The highest BCUT2D eigenvalue weighted by Crippen LogP contribution is 2.34. The average Bonchev–Trinajstić information content (AvgIpc) is 3.31. The Morgan fingerprint density at radius 2 is 1.91 bits per heavy atom. The zero-order chi connectivity index (χ0) is 25.6. The maximum atomic E-state index is 13.0. The van der Waals surface area contributed by atoms with Crippen LogP contribution in [0.3, 0.4) is 0 Å². The number of rotatable bonds is 10. The maximum Gasteiger partial charge on any atom is 0.416 e. The normalized spacial score (nSPS) is 16.2. The molecule has 1 aliphatic rings. The zero-order valence-electron chi connectivity index (χ0n) is 19.2. The number of methoxy groups -OCH3 is 2. The van der Waals surface area contributed by atoms with E-state index in [1.54, 1.807) is 6.07 Å². The van der Waals surface area contributed by atoms with Gasteiger partial charge in [0.1, 0.15) is 11.5 Å². The third-order valence-corrected chi connectivity index (χ3v) is 6.55. The van der Waals surface area contributed by atoms with Gasteiger partial charge in [0.15, 0.2) is 11.5 Å². The third kappa shape index (κ3) is 7.09. The van der Waals surface area contributed by atoms with Gasteiger partial charge < -0.3 is 23.3 Å². The lowest BCUT2D eigenvalue weighted by molar-refractivity contribution is -0.138. The first-order chi connectivity index (χ1) is 16.5. The summed E-state index contributed by atoms with van der Waals surface area (Å²) in [5, 5.41) is 0. The summed E-state index contributed by atoms with van der Waals surface area (Å²) in [7, 11) is -1.92. The van der Waals surface area contributed by atoms with Gasteiger partial charge in [-0.1, -0.05) is 12.1 Å². The molecule has 1 saturated heterocycles. The fourth-order valence-corrected chi connectivity index (χ4v) is 4.58. The predicted molar refractivity (Wildman–Crippen MR) is 119 cm³/mol. The maximum absolute atomic E-state index is 13.0. The van der Waals surface area contributed by atoms with Gasteiger partial charge in [-0.2, -0.15) is 21.6 Å². The van der Waals surface area contributed by atoms with Crippen molar-refractivity contribution in [1.29, 1.82) is 0 Å². The van der Waals surface area contributed by atoms with Gasteiger partial charge in [-0.05, 0) is 48.7 Å². The number of hydrogen-bond donors (Lipinski definition) is 0. The molecule has 0 bridgehead atoms. The average molecular weight is 518 g/mol. The van der Waals surface area contributed by atoms with Crippen LogP contribution in [-0.4, -0.2) is 59.3 Å². The molecular weight excluding hydrogens is 491 g/mol. The predicted octanol–water partition coefficient (Wildman–Crippen LogP) is 3.64. The summed E-state index contributed by atoms with van der Waals surface area (Å²) in [6.45, 7) is 0.903. The minimum absolute atomic E-state index is 0.0539. The Kier molecular flexibility index (Phi) is 8.62. The fraction of sp³-hybridized carbons (Fsp3) is 0.435. The number of carbonyl (C=O) groups is 1. The molecule has 1 aliphatic heterocycles. The van der Waals surface area contributed by atoms with E-state index in [0.29, 0.717) is 24.8 Å². The standard InChI is InChI=1S/C23H26F3NO7S/c1-31-15-22(28)27(14-18-6-4-10-33-18)13-16-8-9-20(32-2)21(11-16)34-35(29,30)19-7-3-5-17(12-19)23(24,25)26/h3,5,7-9,11-12,18H,4,6,10,13-15H2,1-2H3. The minimum Gasteiger partial charge on any atom is -0.493 e. The summed E-state index contributed by atoms with van der Waals surface area (Å²) in [6, 6.07) is 7.71. The molecule has 0 spiro atoms. The molecule has 1 unspecified atom stereocenters. The van der Waals surface area contributed by atoms with E-state index in [1.807, 2.05) is 0 Å². The molecule has 2 aromatic carbocycles. The number of alkyl halides is 3. The molecule has 1 heterocycles. The molecule has 1 fully saturated rings. The Morgan fingerprint density at radius 1 is 1.14 bits per heavy atom. The molecule has 1 atom stereocenters. The van der Waals surface area contributed by atoms with Crippen molar-refractivity contribution in [3.8, 4) is 11.5 Å². The molecule has 3 rings (SSSR count). The Balaban J connectivity index is 1.86. The van der Waals surface area contributed by atoms with Gasteiger partial charge in [0.2, 0.25) is 5.91 Å². The van der Waals surface area contributed by atoms with E-state index in [4.69, 9.17) is 18.4 Å². The molecule has 8 nitrogen and oxygen atoms in total. The van der Waals surface area contributed by atoms with Crippen LogP contribution in [-0.2, 0) is 37.1 Å². The van der Waals surface area contributed by atoms with Crippen LogP contribution < -0.4 is 8.92 Å². The van der Waals surface area contributed by atoms with Gasteiger partial charge in [0.05, 0.1) is 18.8 Å². The molecule has 0 aliphatic carbocycles. The molecule has 2 aromatic rings. The van der Waals surface area contributed by atoms with E-state index < -0.39 is 26.8 Å². The van der Waals surface area contributed by atoms with E-state index in [0.717, 1.165) is 31.0 Å². The molecule has 192 valence electrons.